The van der Waals surface area contributed by atoms with Gasteiger partial charge in [-0.3, -0.25) is 9.71 Å². The van der Waals surface area contributed by atoms with Crippen LogP contribution in [0.3, 0.4) is 0 Å². The van der Waals surface area contributed by atoms with Gasteiger partial charge in [-0.2, -0.15) is 5.26 Å². The lowest BCUT2D eigenvalue weighted by Crippen LogP contribution is -2.26. The fourth-order valence-electron chi connectivity index (χ4n) is 1.18. The van der Waals surface area contributed by atoms with Gasteiger partial charge in [0.05, 0.1) is 18.0 Å². The van der Waals surface area contributed by atoms with Crippen LogP contribution in [0, 0.1) is 18.3 Å². The lowest BCUT2D eigenvalue weighted by Gasteiger charge is -2.12. The molecule has 86 valence electrons. The summed E-state index contributed by atoms with van der Waals surface area (Å²) >= 11 is 0. The number of pyridine rings is 1. The first-order valence-electron chi connectivity index (χ1n) is 4.83. The summed E-state index contributed by atoms with van der Waals surface area (Å²) in [6.45, 7) is 3.43. The third-order valence-corrected chi connectivity index (χ3v) is 3.87. The molecular formula is C10H13N3O2S. The Morgan fingerprint density at radius 1 is 1.62 bits per heavy atom. The highest BCUT2D eigenvalue weighted by Gasteiger charge is 2.23. The number of sulfonamides is 1. The van der Waals surface area contributed by atoms with Gasteiger partial charge in [-0.1, -0.05) is 6.92 Å². The van der Waals surface area contributed by atoms with Crippen molar-refractivity contribution < 1.29 is 8.42 Å². The molecule has 6 heteroatoms. The van der Waals surface area contributed by atoms with Crippen LogP contribution in [-0.4, -0.2) is 18.7 Å². The Bertz CT molecular complexity index is 505. The molecule has 0 saturated carbocycles. The molecule has 0 amide bonds. The number of aromatic nitrogens is 1. The summed E-state index contributed by atoms with van der Waals surface area (Å²) in [7, 11) is -3.65. The smallest absolute Gasteiger partial charge is 0.249 e. The molecular weight excluding hydrogens is 226 g/mol. The van der Waals surface area contributed by atoms with Gasteiger partial charge in [0.25, 0.3) is 0 Å². The second-order valence-corrected chi connectivity index (χ2v) is 5.23. The molecule has 1 aromatic rings. The molecule has 1 heterocycles. The van der Waals surface area contributed by atoms with Gasteiger partial charge in [0.2, 0.25) is 10.0 Å². The Labute approximate surface area is 95.2 Å². The monoisotopic (exact) mass is 239 g/mol. The highest BCUT2D eigenvalue weighted by atomic mass is 32.2. The van der Waals surface area contributed by atoms with Crippen LogP contribution in [0.5, 0.6) is 0 Å². The van der Waals surface area contributed by atoms with E-state index in [2.05, 4.69) is 9.71 Å². The van der Waals surface area contributed by atoms with E-state index in [0.717, 1.165) is 5.56 Å². The van der Waals surface area contributed by atoms with Crippen LogP contribution in [0.15, 0.2) is 18.5 Å². The molecule has 0 aliphatic rings. The second kappa shape index (κ2) is 4.94. The Kier molecular flexibility index (Phi) is 3.85. The zero-order chi connectivity index (χ0) is 12.2. The quantitative estimate of drug-likeness (QED) is 0.861. The standard InChI is InChI=1S/C10H13N3O2S/c1-3-9(6-11)16(14,15)13-10-7-12-5-4-8(10)2/h4-5,7,9,13H,3H2,1-2H3. The highest BCUT2D eigenvalue weighted by Crippen LogP contribution is 2.16. The van der Waals surface area contributed by atoms with Gasteiger partial charge in [0, 0.05) is 6.20 Å². The second-order valence-electron chi connectivity index (χ2n) is 3.36. The van der Waals surface area contributed by atoms with E-state index in [1.165, 1.54) is 6.20 Å². The summed E-state index contributed by atoms with van der Waals surface area (Å²) in [5.41, 5.74) is 1.18. The summed E-state index contributed by atoms with van der Waals surface area (Å²) in [6, 6.07) is 3.46. The van der Waals surface area contributed by atoms with Gasteiger partial charge < -0.3 is 0 Å². The zero-order valence-corrected chi connectivity index (χ0v) is 9.95. The van der Waals surface area contributed by atoms with Crippen molar-refractivity contribution in [2.45, 2.75) is 25.5 Å². The number of rotatable bonds is 4. The van der Waals surface area contributed by atoms with Gasteiger partial charge in [-0.15, -0.1) is 0 Å². The van der Waals surface area contributed by atoms with E-state index >= 15 is 0 Å². The number of nitriles is 1. The number of anilines is 1. The van der Waals surface area contributed by atoms with Gasteiger partial charge in [-0.25, -0.2) is 8.42 Å². The fraction of sp³-hybridized carbons (Fsp3) is 0.400. The number of nitrogens with zero attached hydrogens (tertiary/aromatic N) is 2. The van der Waals surface area contributed by atoms with Crippen molar-refractivity contribution in [2.75, 3.05) is 4.72 Å². The van der Waals surface area contributed by atoms with Crippen molar-refractivity contribution in [1.29, 1.82) is 5.26 Å². The highest BCUT2D eigenvalue weighted by molar-refractivity contribution is 7.93. The first kappa shape index (κ1) is 12.5. The minimum Gasteiger partial charge on any atom is -0.281 e. The number of nitrogens with one attached hydrogen (secondary N) is 1. The Morgan fingerprint density at radius 3 is 2.81 bits per heavy atom. The lowest BCUT2D eigenvalue weighted by atomic mass is 10.3. The first-order chi connectivity index (χ1) is 7.51. The maximum Gasteiger partial charge on any atom is 0.249 e. The molecule has 1 rings (SSSR count). The van der Waals surface area contributed by atoms with E-state index in [-0.39, 0.29) is 6.42 Å². The van der Waals surface area contributed by atoms with Crippen LogP contribution < -0.4 is 4.72 Å². The normalized spacial score (nSPS) is 12.8. The molecule has 5 nitrogen and oxygen atoms in total. The Morgan fingerprint density at radius 2 is 2.31 bits per heavy atom. The molecule has 1 atom stereocenters. The summed E-state index contributed by atoms with van der Waals surface area (Å²) in [5, 5.41) is 7.69. The fourth-order valence-corrected chi connectivity index (χ4v) is 2.42. The van der Waals surface area contributed by atoms with E-state index < -0.39 is 15.3 Å². The van der Waals surface area contributed by atoms with E-state index in [0.29, 0.717) is 5.69 Å². The van der Waals surface area contributed by atoms with Crippen molar-refractivity contribution in [3.63, 3.8) is 0 Å². The van der Waals surface area contributed by atoms with Crippen molar-refractivity contribution in [2.24, 2.45) is 0 Å². The molecule has 0 radical (unpaired) electrons. The molecule has 1 aromatic heterocycles. The van der Waals surface area contributed by atoms with Gasteiger partial charge >= 0.3 is 0 Å². The molecule has 1 N–H and O–H groups in total. The molecule has 0 spiro atoms. The van der Waals surface area contributed by atoms with E-state index in [1.54, 1.807) is 32.2 Å². The predicted molar refractivity (Wildman–Crippen MR) is 61.2 cm³/mol. The SMILES string of the molecule is CCC(C#N)S(=O)(=O)Nc1cnccc1C. The lowest BCUT2D eigenvalue weighted by molar-refractivity contribution is 0.592. The third-order valence-electron chi connectivity index (χ3n) is 2.18. The number of aryl methyl sites for hydroxylation is 1. The van der Waals surface area contributed by atoms with Gasteiger partial charge in [0.15, 0.2) is 5.25 Å². The zero-order valence-electron chi connectivity index (χ0n) is 9.14. The third kappa shape index (κ3) is 2.70. The summed E-state index contributed by atoms with van der Waals surface area (Å²) in [5.74, 6) is 0. The predicted octanol–water partition coefficient (Wildman–Crippen LogP) is 1.43. The van der Waals surface area contributed by atoms with E-state index in [9.17, 15) is 8.42 Å². The molecule has 1 unspecified atom stereocenters. The van der Waals surface area contributed by atoms with Crippen LogP contribution in [0.4, 0.5) is 5.69 Å². The Hall–Kier alpha value is -1.61. The summed E-state index contributed by atoms with van der Waals surface area (Å²) < 4.78 is 25.9. The summed E-state index contributed by atoms with van der Waals surface area (Å²) in [6.07, 6.45) is 3.26. The number of hydrogen-bond acceptors (Lipinski definition) is 4. The number of hydrogen-bond donors (Lipinski definition) is 1. The molecule has 0 aliphatic heterocycles. The van der Waals surface area contributed by atoms with Crippen LogP contribution in [0.1, 0.15) is 18.9 Å². The minimum absolute atomic E-state index is 0.255. The average molecular weight is 239 g/mol. The van der Waals surface area contributed by atoms with E-state index in [4.69, 9.17) is 5.26 Å². The maximum absolute atomic E-state index is 11.8. The average Bonchev–Trinajstić information content (AvgIpc) is 2.22. The largest absolute Gasteiger partial charge is 0.281 e. The molecule has 0 saturated heterocycles. The van der Waals surface area contributed by atoms with Crippen LogP contribution in [0.25, 0.3) is 0 Å². The van der Waals surface area contributed by atoms with Crippen molar-refractivity contribution in [3.05, 3.63) is 24.0 Å². The minimum atomic E-state index is -3.65. The summed E-state index contributed by atoms with van der Waals surface area (Å²) in [4.78, 5) is 3.83. The van der Waals surface area contributed by atoms with Crippen molar-refractivity contribution >= 4 is 15.7 Å². The van der Waals surface area contributed by atoms with Crippen molar-refractivity contribution in [3.8, 4) is 6.07 Å². The van der Waals surface area contributed by atoms with E-state index in [1.807, 2.05) is 0 Å². The van der Waals surface area contributed by atoms with Gasteiger partial charge in [-0.05, 0) is 25.0 Å². The first-order valence-corrected chi connectivity index (χ1v) is 6.37. The molecule has 0 fully saturated rings. The van der Waals surface area contributed by atoms with Crippen LogP contribution in [-0.2, 0) is 10.0 Å². The van der Waals surface area contributed by atoms with Crippen molar-refractivity contribution in [1.82, 2.24) is 4.98 Å². The molecule has 0 aliphatic carbocycles. The molecule has 0 bridgehead atoms. The van der Waals surface area contributed by atoms with Crippen LogP contribution in [0.2, 0.25) is 0 Å². The van der Waals surface area contributed by atoms with Crippen LogP contribution >= 0.6 is 0 Å². The molecule has 0 aromatic carbocycles. The topological polar surface area (TPSA) is 82.8 Å². The maximum atomic E-state index is 11.8. The molecule has 16 heavy (non-hydrogen) atoms. The van der Waals surface area contributed by atoms with Gasteiger partial charge in [0.1, 0.15) is 0 Å². The Balaban J connectivity index is 2.99.